The highest BCUT2D eigenvalue weighted by molar-refractivity contribution is 5.78. The van der Waals surface area contributed by atoms with Crippen molar-refractivity contribution in [1.29, 1.82) is 0 Å². The van der Waals surface area contributed by atoms with Crippen LogP contribution in [0.3, 0.4) is 0 Å². The molecule has 0 radical (unpaired) electrons. The number of aliphatic carboxylic acids is 1. The summed E-state index contributed by atoms with van der Waals surface area (Å²) in [5.74, 6) is -0.284. The first-order chi connectivity index (χ1) is 9.53. The molecule has 3 rings (SSSR count). The van der Waals surface area contributed by atoms with Crippen LogP contribution in [0.5, 0.6) is 0 Å². The van der Waals surface area contributed by atoms with Crippen molar-refractivity contribution >= 4 is 5.97 Å². The van der Waals surface area contributed by atoms with Gasteiger partial charge >= 0.3 is 5.97 Å². The Morgan fingerprint density at radius 3 is 2.60 bits per heavy atom. The van der Waals surface area contributed by atoms with Gasteiger partial charge in [0.2, 0.25) is 0 Å². The van der Waals surface area contributed by atoms with Gasteiger partial charge in [0.15, 0.2) is 6.29 Å². The number of hydrogen-bond acceptors (Lipinski definition) is 4. The maximum Gasteiger partial charge on any atom is 0.327 e. The lowest BCUT2D eigenvalue weighted by atomic mass is 9.94. The monoisotopic (exact) mass is 284 g/mol. The first kappa shape index (κ1) is 15.5. The smallest absolute Gasteiger partial charge is 0.327 e. The van der Waals surface area contributed by atoms with Gasteiger partial charge < -0.3 is 19.7 Å². The Morgan fingerprint density at radius 2 is 2.15 bits per heavy atom. The molecule has 0 spiro atoms. The van der Waals surface area contributed by atoms with E-state index in [1.165, 1.54) is 12.8 Å². The number of ether oxygens (including phenoxy) is 2. The minimum atomic E-state index is -0.981. The number of carboxylic acids is 1. The lowest BCUT2D eigenvalue weighted by molar-refractivity contribution is -0.222. The van der Waals surface area contributed by atoms with Gasteiger partial charge in [-0.25, -0.2) is 4.79 Å². The minimum Gasteiger partial charge on any atom is -0.478 e. The van der Waals surface area contributed by atoms with E-state index in [1.54, 1.807) is 0 Å². The zero-order chi connectivity index (χ0) is 14.6. The predicted octanol–water partition coefficient (Wildman–Crippen LogP) is 2.09. The molecule has 3 fully saturated rings. The Morgan fingerprint density at radius 1 is 1.40 bits per heavy atom. The Labute approximate surface area is 119 Å². The van der Waals surface area contributed by atoms with Gasteiger partial charge in [0.25, 0.3) is 0 Å². The molecule has 114 valence electrons. The van der Waals surface area contributed by atoms with E-state index in [2.05, 4.69) is 6.58 Å². The van der Waals surface area contributed by atoms with Crippen LogP contribution in [0.4, 0.5) is 0 Å². The second-order valence-corrected chi connectivity index (χ2v) is 5.91. The molecule has 0 aromatic rings. The number of aliphatic hydroxyl groups is 1. The second-order valence-electron chi connectivity index (χ2n) is 5.91. The third-order valence-electron chi connectivity index (χ3n) is 4.40. The third kappa shape index (κ3) is 3.81. The van der Waals surface area contributed by atoms with Gasteiger partial charge in [0.05, 0.1) is 11.7 Å². The van der Waals surface area contributed by atoms with E-state index in [9.17, 15) is 9.90 Å². The molecule has 1 heterocycles. The lowest BCUT2D eigenvalue weighted by Crippen LogP contribution is -2.42. The van der Waals surface area contributed by atoms with Crippen molar-refractivity contribution < 1.29 is 24.5 Å². The van der Waals surface area contributed by atoms with Crippen LogP contribution in [0.1, 0.15) is 44.9 Å². The summed E-state index contributed by atoms with van der Waals surface area (Å²) in [6.45, 7) is 3.78. The first-order valence-electron chi connectivity index (χ1n) is 7.38. The molecular weight excluding hydrogens is 260 g/mol. The summed E-state index contributed by atoms with van der Waals surface area (Å²) in [6, 6.07) is 0. The molecule has 2 bridgehead atoms. The van der Waals surface area contributed by atoms with Crippen LogP contribution in [0, 0.1) is 5.92 Å². The van der Waals surface area contributed by atoms with Crippen LogP contribution in [0.25, 0.3) is 0 Å². The Bertz CT molecular complexity index is 350. The fourth-order valence-corrected chi connectivity index (χ4v) is 3.36. The summed E-state index contributed by atoms with van der Waals surface area (Å²) in [6.07, 6.45) is 8.26. The van der Waals surface area contributed by atoms with Crippen LogP contribution in [-0.4, -0.2) is 40.8 Å². The highest BCUT2D eigenvalue weighted by Crippen LogP contribution is 2.49. The van der Waals surface area contributed by atoms with E-state index in [0.29, 0.717) is 5.92 Å². The molecule has 0 aromatic carbocycles. The molecular formula is C15H24O5. The van der Waals surface area contributed by atoms with Crippen LogP contribution < -0.4 is 0 Å². The molecule has 0 aromatic heterocycles. The zero-order valence-electron chi connectivity index (χ0n) is 11.8. The van der Waals surface area contributed by atoms with E-state index in [1.807, 2.05) is 0 Å². The molecule has 20 heavy (non-hydrogen) atoms. The molecule has 2 N–H and O–H groups in total. The SMILES string of the molecule is C=CC(=O)O.OC12CCC(CC1OC1CCCCO1)C2. The highest BCUT2D eigenvalue weighted by Gasteiger charge is 2.52. The van der Waals surface area contributed by atoms with Crippen LogP contribution in [0.2, 0.25) is 0 Å². The third-order valence-corrected chi connectivity index (χ3v) is 4.40. The molecule has 4 atom stereocenters. The number of fused-ring (bicyclic) bond motifs is 2. The summed E-state index contributed by atoms with van der Waals surface area (Å²) < 4.78 is 11.5. The van der Waals surface area contributed by atoms with Gasteiger partial charge in [0.1, 0.15) is 0 Å². The van der Waals surface area contributed by atoms with Crippen molar-refractivity contribution in [3.8, 4) is 0 Å². The average Bonchev–Trinajstić information content (AvgIpc) is 2.96. The Kier molecular flexibility index (Phi) is 5.18. The van der Waals surface area contributed by atoms with Crippen molar-refractivity contribution in [2.24, 2.45) is 5.92 Å². The number of carboxylic acid groups (broad SMARTS) is 1. The van der Waals surface area contributed by atoms with Crippen LogP contribution in [-0.2, 0) is 14.3 Å². The first-order valence-corrected chi connectivity index (χ1v) is 7.38. The van der Waals surface area contributed by atoms with Crippen molar-refractivity contribution in [3.05, 3.63) is 12.7 Å². The summed E-state index contributed by atoms with van der Waals surface area (Å²) in [5, 5.41) is 18.0. The largest absolute Gasteiger partial charge is 0.478 e. The van der Waals surface area contributed by atoms with E-state index in [4.69, 9.17) is 14.6 Å². The summed E-state index contributed by atoms with van der Waals surface area (Å²) >= 11 is 0. The molecule has 1 saturated heterocycles. The normalized spacial score (nSPS) is 39.0. The van der Waals surface area contributed by atoms with Gasteiger partial charge in [-0.2, -0.15) is 0 Å². The average molecular weight is 284 g/mol. The number of carbonyl (C=O) groups is 1. The molecule has 4 unspecified atom stereocenters. The summed E-state index contributed by atoms with van der Waals surface area (Å²) in [7, 11) is 0. The minimum absolute atomic E-state index is 0.0411. The lowest BCUT2D eigenvalue weighted by Gasteiger charge is -2.34. The molecule has 2 saturated carbocycles. The topological polar surface area (TPSA) is 76.0 Å². The summed E-state index contributed by atoms with van der Waals surface area (Å²) in [4.78, 5) is 9.25. The van der Waals surface area contributed by atoms with Crippen molar-refractivity contribution in [1.82, 2.24) is 0 Å². The van der Waals surface area contributed by atoms with Gasteiger partial charge in [-0.15, -0.1) is 0 Å². The van der Waals surface area contributed by atoms with Crippen molar-refractivity contribution in [3.63, 3.8) is 0 Å². The molecule has 5 heteroatoms. The van der Waals surface area contributed by atoms with Crippen molar-refractivity contribution in [2.45, 2.75) is 62.9 Å². The number of rotatable bonds is 3. The standard InChI is InChI=1S/C12H20O3.C3H4O2/c13-12-5-4-9(8-12)7-10(12)15-11-3-1-2-6-14-11;1-2-3(4)5/h9-11,13H,1-8H2;2H,1H2,(H,4,5). The van der Waals surface area contributed by atoms with Gasteiger partial charge in [-0.1, -0.05) is 6.58 Å². The van der Waals surface area contributed by atoms with E-state index in [-0.39, 0.29) is 12.4 Å². The highest BCUT2D eigenvalue weighted by atomic mass is 16.7. The van der Waals surface area contributed by atoms with Gasteiger partial charge in [-0.3, -0.25) is 0 Å². The Balaban J connectivity index is 0.000000257. The van der Waals surface area contributed by atoms with E-state index < -0.39 is 11.6 Å². The van der Waals surface area contributed by atoms with E-state index >= 15 is 0 Å². The molecule has 1 aliphatic heterocycles. The zero-order valence-corrected chi connectivity index (χ0v) is 11.8. The predicted molar refractivity (Wildman–Crippen MR) is 73.2 cm³/mol. The molecule has 5 nitrogen and oxygen atoms in total. The summed E-state index contributed by atoms with van der Waals surface area (Å²) in [5.41, 5.74) is -0.522. The quantitative estimate of drug-likeness (QED) is 0.776. The van der Waals surface area contributed by atoms with Gasteiger partial charge in [-0.05, 0) is 50.9 Å². The van der Waals surface area contributed by atoms with E-state index in [0.717, 1.165) is 44.8 Å². The van der Waals surface area contributed by atoms with Gasteiger partial charge in [0, 0.05) is 12.7 Å². The van der Waals surface area contributed by atoms with Crippen LogP contribution >= 0.6 is 0 Å². The fraction of sp³-hybridized carbons (Fsp3) is 0.800. The maximum absolute atomic E-state index is 10.4. The van der Waals surface area contributed by atoms with Crippen molar-refractivity contribution in [2.75, 3.05) is 6.61 Å². The fourth-order valence-electron chi connectivity index (χ4n) is 3.36. The molecule has 0 amide bonds. The molecule has 2 aliphatic carbocycles. The van der Waals surface area contributed by atoms with Crippen LogP contribution in [0.15, 0.2) is 12.7 Å². The molecule has 3 aliphatic rings. The Hall–Kier alpha value is -0.910. The maximum atomic E-state index is 10.4. The number of hydrogen-bond donors (Lipinski definition) is 2. The second kappa shape index (κ2) is 6.70.